The Morgan fingerprint density at radius 1 is 1.36 bits per heavy atom. The average molecular weight is 276 g/mol. The minimum atomic E-state index is -4.43. The van der Waals surface area contributed by atoms with Crippen LogP contribution >= 0.6 is 15.9 Å². The summed E-state index contributed by atoms with van der Waals surface area (Å²) < 4.78 is 35.2. The molecule has 0 atom stereocenters. The van der Waals surface area contributed by atoms with Gasteiger partial charge in [0.25, 0.3) is 0 Å². The van der Waals surface area contributed by atoms with Gasteiger partial charge in [0.1, 0.15) is 6.42 Å². The van der Waals surface area contributed by atoms with Gasteiger partial charge < -0.3 is 5.32 Å². The Balaban J connectivity index is 3.87. The Bertz CT molecular complexity index is 203. The molecule has 2 nitrogen and oxygen atoms in total. The van der Waals surface area contributed by atoms with Crippen LogP contribution < -0.4 is 5.32 Å². The molecule has 0 aromatic rings. The third-order valence-corrected chi connectivity index (χ3v) is 3.00. The number of carbonyl (C=O) groups is 1. The van der Waals surface area contributed by atoms with Gasteiger partial charge in [0.15, 0.2) is 0 Å². The van der Waals surface area contributed by atoms with Crippen molar-refractivity contribution in [3.8, 4) is 0 Å². The number of hydrogen-bond donors (Lipinski definition) is 1. The number of nitrogens with one attached hydrogen (secondary N) is 1. The second-order valence-electron chi connectivity index (χ2n) is 3.87. The van der Waals surface area contributed by atoms with Crippen molar-refractivity contribution in [1.29, 1.82) is 0 Å². The first-order valence-electron chi connectivity index (χ1n) is 4.06. The van der Waals surface area contributed by atoms with Crippen LogP contribution in [0.5, 0.6) is 0 Å². The van der Waals surface area contributed by atoms with Gasteiger partial charge in [-0.05, 0) is 5.41 Å². The molecular weight excluding hydrogens is 263 g/mol. The molecule has 0 aromatic heterocycles. The zero-order valence-corrected chi connectivity index (χ0v) is 9.63. The van der Waals surface area contributed by atoms with Gasteiger partial charge in [-0.15, -0.1) is 0 Å². The van der Waals surface area contributed by atoms with E-state index in [4.69, 9.17) is 0 Å². The molecule has 0 saturated carbocycles. The molecule has 0 saturated heterocycles. The van der Waals surface area contributed by atoms with Crippen molar-refractivity contribution in [2.24, 2.45) is 5.41 Å². The maximum Gasteiger partial charge on any atom is 0.397 e. The molecule has 1 N–H and O–H groups in total. The Kier molecular flexibility index (Phi) is 4.91. The smallest absolute Gasteiger partial charge is 0.355 e. The molecule has 0 unspecified atom stereocenters. The zero-order valence-electron chi connectivity index (χ0n) is 8.04. The Labute approximate surface area is 89.4 Å². The van der Waals surface area contributed by atoms with Crippen LogP contribution in [0.4, 0.5) is 13.2 Å². The summed E-state index contributed by atoms with van der Waals surface area (Å²) in [5, 5.41) is 2.86. The monoisotopic (exact) mass is 275 g/mol. The Morgan fingerprint density at radius 3 is 2.21 bits per heavy atom. The van der Waals surface area contributed by atoms with Crippen molar-refractivity contribution in [2.45, 2.75) is 26.4 Å². The van der Waals surface area contributed by atoms with E-state index in [1.54, 1.807) is 0 Å². The SMILES string of the molecule is CC(C)(CBr)CNC(=O)CC(F)(F)F. The predicted molar refractivity (Wildman–Crippen MR) is 51.3 cm³/mol. The average Bonchev–Trinajstić information content (AvgIpc) is 1.98. The second-order valence-corrected chi connectivity index (χ2v) is 4.43. The maximum atomic E-state index is 11.7. The van der Waals surface area contributed by atoms with Gasteiger partial charge in [-0.1, -0.05) is 29.8 Å². The van der Waals surface area contributed by atoms with Gasteiger partial charge in [-0.2, -0.15) is 13.2 Å². The minimum absolute atomic E-state index is 0.229. The van der Waals surface area contributed by atoms with Gasteiger partial charge in [0.2, 0.25) is 5.91 Å². The quantitative estimate of drug-likeness (QED) is 0.785. The lowest BCUT2D eigenvalue weighted by molar-refractivity contribution is -0.154. The highest BCUT2D eigenvalue weighted by molar-refractivity contribution is 9.09. The molecule has 0 aliphatic rings. The third kappa shape index (κ3) is 7.17. The van der Waals surface area contributed by atoms with E-state index in [1.807, 2.05) is 13.8 Å². The van der Waals surface area contributed by atoms with E-state index in [0.717, 1.165) is 0 Å². The zero-order chi connectivity index (χ0) is 11.4. The van der Waals surface area contributed by atoms with Crippen molar-refractivity contribution < 1.29 is 18.0 Å². The van der Waals surface area contributed by atoms with E-state index in [0.29, 0.717) is 5.33 Å². The molecule has 0 bridgehead atoms. The molecule has 0 aliphatic heterocycles. The minimum Gasteiger partial charge on any atom is -0.355 e. The topological polar surface area (TPSA) is 29.1 Å². The van der Waals surface area contributed by atoms with Crippen LogP contribution in [0.3, 0.4) is 0 Å². The van der Waals surface area contributed by atoms with Gasteiger partial charge in [-0.3, -0.25) is 4.79 Å². The van der Waals surface area contributed by atoms with Crippen LogP contribution in [-0.4, -0.2) is 24.0 Å². The lowest BCUT2D eigenvalue weighted by Crippen LogP contribution is -2.36. The van der Waals surface area contributed by atoms with Crippen molar-refractivity contribution >= 4 is 21.8 Å². The molecule has 0 aliphatic carbocycles. The summed E-state index contributed by atoms with van der Waals surface area (Å²) in [5.74, 6) is -0.980. The Morgan fingerprint density at radius 2 is 1.86 bits per heavy atom. The summed E-state index contributed by atoms with van der Waals surface area (Å²) in [6, 6.07) is 0. The summed E-state index contributed by atoms with van der Waals surface area (Å²) >= 11 is 3.21. The normalized spacial score (nSPS) is 12.7. The number of halogens is 4. The number of rotatable bonds is 4. The lowest BCUT2D eigenvalue weighted by atomic mass is 9.97. The van der Waals surface area contributed by atoms with Crippen molar-refractivity contribution in [1.82, 2.24) is 5.32 Å². The molecule has 6 heteroatoms. The van der Waals surface area contributed by atoms with Crippen molar-refractivity contribution in [3.63, 3.8) is 0 Å². The molecule has 0 heterocycles. The summed E-state index contributed by atoms with van der Waals surface area (Å²) in [7, 11) is 0. The van der Waals surface area contributed by atoms with Gasteiger partial charge in [0, 0.05) is 11.9 Å². The van der Waals surface area contributed by atoms with Crippen LogP contribution in [-0.2, 0) is 4.79 Å². The van der Waals surface area contributed by atoms with Crippen molar-refractivity contribution in [3.05, 3.63) is 0 Å². The van der Waals surface area contributed by atoms with Gasteiger partial charge in [0.05, 0.1) is 0 Å². The van der Waals surface area contributed by atoms with Crippen LogP contribution in [0, 0.1) is 5.41 Å². The molecule has 0 radical (unpaired) electrons. The fraction of sp³-hybridized carbons (Fsp3) is 0.875. The maximum absolute atomic E-state index is 11.7. The van der Waals surface area contributed by atoms with Crippen molar-refractivity contribution in [2.75, 3.05) is 11.9 Å². The highest BCUT2D eigenvalue weighted by Gasteiger charge is 2.31. The number of carbonyl (C=O) groups excluding carboxylic acids is 1. The van der Waals surface area contributed by atoms with E-state index in [2.05, 4.69) is 21.2 Å². The summed E-state index contributed by atoms with van der Waals surface area (Å²) in [4.78, 5) is 10.8. The highest BCUT2D eigenvalue weighted by Crippen LogP contribution is 2.20. The first kappa shape index (κ1) is 13.7. The first-order chi connectivity index (χ1) is 6.16. The van der Waals surface area contributed by atoms with E-state index >= 15 is 0 Å². The Hall–Kier alpha value is -0.260. The molecule has 0 fully saturated rings. The highest BCUT2D eigenvalue weighted by atomic mass is 79.9. The van der Waals surface area contributed by atoms with E-state index < -0.39 is 18.5 Å². The fourth-order valence-corrected chi connectivity index (χ4v) is 0.828. The number of hydrogen-bond acceptors (Lipinski definition) is 1. The third-order valence-electron chi connectivity index (χ3n) is 1.49. The second kappa shape index (κ2) is 5.00. The molecule has 0 rings (SSSR count). The predicted octanol–water partition coefficient (Wildman–Crippen LogP) is 2.48. The summed E-state index contributed by atoms with van der Waals surface area (Å²) in [5.41, 5.74) is -0.235. The van der Waals surface area contributed by atoms with E-state index in [9.17, 15) is 18.0 Å². The molecule has 0 spiro atoms. The van der Waals surface area contributed by atoms with Gasteiger partial charge in [-0.25, -0.2) is 0 Å². The van der Waals surface area contributed by atoms with E-state index in [-0.39, 0.29) is 12.0 Å². The number of amides is 1. The lowest BCUT2D eigenvalue weighted by Gasteiger charge is -2.22. The van der Waals surface area contributed by atoms with Gasteiger partial charge >= 0.3 is 6.18 Å². The van der Waals surface area contributed by atoms with E-state index in [1.165, 1.54) is 0 Å². The fourth-order valence-electron chi connectivity index (χ4n) is 0.630. The molecular formula is C8H13BrF3NO. The van der Waals surface area contributed by atoms with Crippen LogP contribution in [0.25, 0.3) is 0 Å². The molecule has 14 heavy (non-hydrogen) atoms. The molecule has 1 amide bonds. The van der Waals surface area contributed by atoms with Crippen LogP contribution in [0.15, 0.2) is 0 Å². The largest absolute Gasteiger partial charge is 0.397 e. The summed E-state index contributed by atoms with van der Waals surface area (Å²) in [6.45, 7) is 3.92. The van der Waals surface area contributed by atoms with Crippen LogP contribution in [0.2, 0.25) is 0 Å². The first-order valence-corrected chi connectivity index (χ1v) is 5.18. The molecule has 84 valence electrons. The number of alkyl halides is 4. The standard InChI is InChI=1S/C8H13BrF3NO/c1-7(2,4-9)5-13-6(14)3-8(10,11)12/h3-5H2,1-2H3,(H,13,14). The summed E-state index contributed by atoms with van der Waals surface area (Å²) in [6.07, 6.45) is -5.84. The van der Waals surface area contributed by atoms with Crippen LogP contribution in [0.1, 0.15) is 20.3 Å². The molecule has 0 aromatic carbocycles.